The fraction of sp³-hybridized carbons (Fsp3) is 0.381. The molecule has 3 aromatic rings. The smallest absolute Gasteiger partial charge is 0.269 e. The van der Waals surface area contributed by atoms with Crippen molar-refractivity contribution < 1.29 is 9.72 Å². The molecule has 0 bridgehead atoms. The Labute approximate surface area is 186 Å². The summed E-state index contributed by atoms with van der Waals surface area (Å²) in [6.45, 7) is 4.13. The van der Waals surface area contributed by atoms with Gasteiger partial charge in [0.25, 0.3) is 11.2 Å². The predicted octanol–water partition coefficient (Wildman–Crippen LogP) is 4.38. The number of hydrogen-bond acceptors (Lipinski definition) is 7. The number of carbonyl (C=O) groups is 1. The van der Waals surface area contributed by atoms with Crippen LogP contribution in [0.1, 0.15) is 37.1 Å². The van der Waals surface area contributed by atoms with Gasteiger partial charge in [-0.15, -0.1) is 11.3 Å². The van der Waals surface area contributed by atoms with Gasteiger partial charge in [0.05, 0.1) is 15.6 Å². The number of nitrogens with zero attached hydrogens (tertiary/aromatic N) is 3. The van der Waals surface area contributed by atoms with Gasteiger partial charge in [-0.2, -0.15) is 0 Å². The lowest BCUT2D eigenvalue weighted by Crippen LogP contribution is -2.26. The predicted molar refractivity (Wildman–Crippen MR) is 123 cm³/mol. The number of non-ortho nitro benzene ring substituents is 1. The highest BCUT2D eigenvalue weighted by molar-refractivity contribution is 8.00. The Hall–Kier alpha value is -2.72. The maximum atomic E-state index is 13.2. The molecule has 0 saturated carbocycles. The number of amides is 1. The lowest BCUT2D eigenvalue weighted by molar-refractivity contribution is -0.384. The SMILES string of the molecule is CCn1c(SC(C)C(=O)Nc2ccc([N+](=O)[O-])cc2)nc2sc3c(c2c1=O)CCCC3. The Kier molecular flexibility index (Phi) is 6.10. The molecule has 0 fully saturated rings. The van der Waals surface area contributed by atoms with Crippen LogP contribution >= 0.6 is 23.1 Å². The van der Waals surface area contributed by atoms with Gasteiger partial charge in [-0.05, 0) is 57.2 Å². The summed E-state index contributed by atoms with van der Waals surface area (Å²) >= 11 is 2.84. The number of fused-ring (bicyclic) bond motifs is 3. The first-order chi connectivity index (χ1) is 14.9. The summed E-state index contributed by atoms with van der Waals surface area (Å²) in [7, 11) is 0. The normalized spacial score (nSPS) is 14.3. The minimum Gasteiger partial charge on any atom is -0.325 e. The molecular formula is C21H22N4O4S2. The molecule has 0 spiro atoms. The van der Waals surface area contributed by atoms with Gasteiger partial charge in [-0.1, -0.05) is 11.8 Å². The van der Waals surface area contributed by atoms with Crippen molar-refractivity contribution in [1.29, 1.82) is 0 Å². The highest BCUT2D eigenvalue weighted by Gasteiger charge is 2.24. The molecule has 1 aromatic carbocycles. The van der Waals surface area contributed by atoms with Crippen molar-refractivity contribution in [3.63, 3.8) is 0 Å². The zero-order valence-corrected chi connectivity index (χ0v) is 18.8. The van der Waals surface area contributed by atoms with Crippen LogP contribution in [0.4, 0.5) is 11.4 Å². The summed E-state index contributed by atoms with van der Waals surface area (Å²) in [4.78, 5) is 42.9. The second-order valence-electron chi connectivity index (χ2n) is 7.39. The first kappa shape index (κ1) is 21.5. The summed E-state index contributed by atoms with van der Waals surface area (Å²) in [6.07, 6.45) is 4.17. The Morgan fingerprint density at radius 1 is 1.32 bits per heavy atom. The first-order valence-corrected chi connectivity index (χ1v) is 11.9. The molecule has 8 nitrogen and oxygen atoms in total. The van der Waals surface area contributed by atoms with Gasteiger partial charge in [-0.25, -0.2) is 4.98 Å². The molecule has 2 aromatic heterocycles. The van der Waals surface area contributed by atoms with E-state index in [1.807, 2.05) is 6.92 Å². The molecule has 0 saturated heterocycles. The van der Waals surface area contributed by atoms with Crippen LogP contribution in [0.25, 0.3) is 10.2 Å². The number of carbonyl (C=O) groups excluding carboxylic acids is 1. The van der Waals surface area contributed by atoms with Gasteiger partial charge in [0.2, 0.25) is 5.91 Å². The van der Waals surface area contributed by atoms with Crippen LogP contribution < -0.4 is 10.9 Å². The lowest BCUT2D eigenvalue weighted by atomic mass is 9.97. The van der Waals surface area contributed by atoms with E-state index in [1.54, 1.807) is 22.8 Å². The Balaban J connectivity index is 1.57. The minimum atomic E-state index is -0.507. The average Bonchev–Trinajstić information content (AvgIpc) is 3.12. The molecule has 1 aliphatic carbocycles. The second kappa shape index (κ2) is 8.80. The topological polar surface area (TPSA) is 107 Å². The van der Waals surface area contributed by atoms with E-state index in [9.17, 15) is 19.7 Å². The van der Waals surface area contributed by atoms with Crippen LogP contribution in [-0.4, -0.2) is 25.6 Å². The molecule has 1 amide bonds. The number of thiophene rings is 1. The molecule has 1 N–H and O–H groups in total. The summed E-state index contributed by atoms with van der Waals surface area (Å²) < 4.78 is 1.64. The van der Waals surface area contributed by atoms with E-state index in [1.165, 1.54) is 40.9 Å². The van der Waals surface area contributed by atoms with E-state index in [4.69, 9.17) is 4.98 Å². The number of nitrogens with one attached hydrogen (secondary N) is 1. The molecule has 1 unspecified atom stereocenters. The molecule has 1 aliphatic rings. The molecule has 1 atom stereocenters. The number of nitro benzene ring substituents is 1. The van der Waals surface area contributed by atoms with Crippen LogP contribution in [0, 0.1) is 10.1 Å². The van der Waals surface area contributed by atoms with Crippen molar-refractivity contribution in [3.05, 3.63) is 55.2 Å². The van der Waals surface area contributed by atoms with E-state index in [0.29, 0.717) is 17.4 Å². The summed E-state index contributed by atoms with van der Waals surface area (Å²) in [5.74, 6) is -0.263. The number of aryl methyl sites for hydroxylation is 2. The molecule has 4 rings (SSSR count). The van der Waals surface area contributed by atoms with Crippen molar-refractivity contribution >= 4 is 50.6 Å². The van der Waals surface area contributed by atoms with Gasteiger partial charge in [0, 0.05) is 29.2 Å². The summed E-state index contributed by atoms with van der Waals surface area (Å²) in [6, 6.07) is 5.68. The Morgan fingerprint density at radius 2 is 2.03 bits per heavy atom. The highest BCUT2D eigenvalue weighted by Crippen LogP contribution is 2.35. The van der Waals surface area contributed by atoms with Crippen molar-refractivity contribution in [2.45, 2.75) is 56.5 Å². The fourth-order valence-corrected chi connectivity index (χ4v) is 5.99. The van der Waals surface area contributed by atoms with Crippen LogP contribution in [0.2, 0.25) is 0 Å². The Bertz CT molecular complexity index is 1220. The number of aromatic nitrogens is 2. The van der Waals surface area contributed by atoms with Gasteiger partial charge in [0.15, 0.2) is 5.16 Å². The molecule has 2 heterocycles. The largest absolute Gasteiger partial charge is 0.325 e. The van der Waals surface area contributed by atoms with Crippen molar-refractivity contribution in [3.8, 4) is 0 Å². The van der Waals surface area contributed by atoms with Crippen LogP contribution in [-0.2, 0) is 24.2 Å². The molecule has 0 aliphatic heterocycles. The van der Waals surface area contributed by atoms with Crippen molar-refractivity contribution in [2.24, 2.45) is 0 Å². The highest BCUT2D eigenvalue weighted by atomic mass is 32.2. The van der Waals surface area contributed by atoms with Crippen LogP contribution in [0.15, 0.2) is 34.2 Å². The average molecular weight is 459 g/mol. The number of rotatable bonds is 6. The van der Waals surface area contributed by atoms with Crippen molar-refractivity contribution in [1.82, 2.24) is 9.55 Å². The Morgan fingerprint density at radius 3 is 2.71 bits per heavy atom. The van der Waals surface area contributed by atoms with E-state index in [2.05, 4.69) is 5.32 Å². The first-order valence-electron chi connectivity index (χ1n) is 10.2. The molecule has 0 radical (unpaired) electrons. The number of benzene rings is 1. The fourth-order valence-electron chi connectivity index (χ4n) is 3.71. The third-order valence-corrected chi connectivity index (χ3v) is 7.63. The summed E-state index contributed by atoms with van der Waals surface area (Å²) in [5, 5.41) is 14.3. The molecule has 31 heavy (non-hydrogen) atoms. The third-order valence-electron chi connectivity index (χ3n) is 5.35. The number of anilines is 1. The molecule has 10 heteroatoms. The zero-order valence-electron chi connectivity index (χ0n) is 17.2. The third kappa shape index (κ3) is 4.22. The summed E-state index contributed by atoms with van der Waals surface area (Å²) in [5.41, 5.74) is 1.57. The molecule has 162 valence electrons. The quantitative estimate of drug-likeness (QED) is 0.254. The van der Waals surface area contributed by atoms with E-state index in [0.717, 1.165) is 41.5 Å². The van der Waals surface area contributed by atoms with E-state index < -0.39 is 10.2 Å². The monoisotopic (exact) mass is 458 g/mol. The van der Waals surface area contributed by atoms with Crippen molar-refractivity contribution in [2.75, 3.05) is 5.32 Å². The standard InChI is InChI=1S/C21H22N4O4S2/c1-3-24-20(27)17-15-6-4-5-7-16(15)31-19(17)23-21(24)30-12(2)18(26)22-13-8-10-14(11-9-13)25(28)29/h8-12H,3-7H2,1-2H3,(H,22,26). The lowest BCUT2D eigenvalue weighted by Gasteiger charge is -2.15. The maximum absolute atomic E-state index is 13.2. The zero-order chi connectivity index (χ0) is 22.1. The van der Waals surface area contributed by atoms with E-state index >= 15 is 0 Å². The minimum absolute atomic E-state index is 0.0302. The van der Waals surface area contributed by atoms with Crippen LogP contribution in [0.3, 0.4) is 0 Å². The van der Waals surface area contributed by atoms with Gasteiger partial charge < -0.3 is 5.32 Å². The van der Waals surface area contributed by atoms with Gasteiger partial charge in [-0.3, -0.25) is 24.3 Å². The molecular weight excluding hydrogens is 436 g/mol. The van der Waals surface area contributed by atoms with Gasteiger partial charge in [0.1, 0.15) is 4.83 Å². The second-order valence-corrected chi connectivity index (χ2v) is 9.78. The number of nitro groups is 1. The maximum Gasteiger partial charge on any atom is 0.269 e. The van der Waals surface area contributed by atoms with Crippen LogP contribution in [0.5, 0.6) is 0 Å². The number of hydrogen-bond donors (Lipinski definition) is 1. The number of thioether (sulfide) groups is 1. The van der Waals surface area contributed by atoms with E-state index in [-0.39, 0.29) is 17.2 Å². The van der Waals surface area contributed by atoms with Gasteiger partial charge >= 0.3 is 0 Å².